The molecule has 0 aliphatic rings. The number of aromatic nitrogens is 2. The summed E-state index contributed by atoms with van der Waals surface area (Å²) in [6, 6.07) is 16.6. The number of aromatic amines is 1. The van der Waals surface area contributed by atoms with Crippen molar-refractivity contribution in [1.29, 1.82) is 0 Å². The summed E-state index contributed by atoms with van der Waals surface area (Å²) in [6.45, 7) is 3.36. The molecule has 32 heavy (non-hydrogen) atoms. The SMILES string of the molecule is CC(C)(C(=O)O)c1ccc(-c2c[nH]c3ncc(-c4cccc(NS(C)(=O)=O)c4)cc23)cc1. The van der Waals surface area contributed by atoms with Gasteiger partial charge in [-0.1, -0.05) is 36.4 Å². The van der Waals surface area contributed by atoms with E-state index in [1.807, 2.05) is 42.6 Å². The predicted molar refractivity (Wildman–Crippen MR) is 126 cm³/mol. The van der Waals surface area contributed by atoms with Crippen molar-refractivity contribution < 1.29 is 18.3 Å². The number of hydrogen-bond donors (Lipinski definition) is 3. The highest BCUT2D eigenvalue weighted by Gasteiger charge is 2.29. The molecule has 0 unspecified atom stereocenters. The van der Waals surface area contributed by atoms with Crippen molar-refractivity contribution in [2.24, 2.45) is 0 Å². The lowest BCUT2D eigenvalue weighted by molar-refractivity contribution is -0.142. The molecular formula is C24H23N3O4S. The molecule has 0 bridgehead atoms. The standard InChI is InChI=1S/C24H23N3O4S/c1-24(2,23(28)29)18-9-7-15(8-10-18)21-14-26-22-20(21)12-17(13-25-22)16-5-4-6-19(11-16)27-32(3,30)31/h4-14,27H,1-3H3,(H,25,26)(H,28,29). The second-order valence-corrected chi connectivity index (χ2v) is 10.0. The second-order valence-electron chi connectivity index (χ2n) is 8.29. The molecule has 0 atom stereocenters. The zero-order valence-electron chi connectivity index (χ0n) is 17.9. The Labute approximate surface area is 186 Å². The van der Waals surface area contributed by atoms with Gasteiger partial charge in [0, 0.05) is 34.6 Å². The second kappa shape index (κ2) is 7.80. The molecule has 164 valence electrons. The first kappa shape index (κ1) is 21.6. The van der Waals surface area contributed by atoms with Gasteiger partial charge in [0.25, 0.3) is 0 Å². The van der Waals surface area contributed by atoms with Gasteiger partial charge in [0.2, 0.25) is 10.0 Å². The third kappa shape index (κ3) is 4.22. The molecule has 0 fully saturated rings. The van der Waals surface area contributed by atoms with Crippen LogP contribution in [-0.2, 0) is 20.2 Å². The van der Waals surface area contributed by atoms with E-state index in [1.54, 1.807) is 38.2 Å². The normalized spacial score (nSPS) is 12.1. The maximum Gasteiger partial charge on any atom is 0.313 e. The molecule has 2 heterocycles. The largest absolute Gasteiger partial charge is 0.481 e. The average Bonchev–Trinajstić information content (AvgIpc) is 3.16. The Bertz CT molecular complexity index is 1420. The molecule has 0 spiro atoms. The van der Waals surface area contributed by atoms with E-state index in [9.17, 15) is 18.3 Å². The van der Waals surface area contributed by atoms with E-state index in [0.29, 0.717) is 5.69 Å². The van der Waals surface area contributed by atoms with Crippen LogP contribution in [0.15, 0.2) is 67.0 Å². The molecule has 0 aliphatic carbocycles. The molecular weight excluding hydrogens is 426 g/mol. The highest BCUT2D eigenvalue weighted by atomic mass is 32.2. The third-order valence-corrected chi connectivity index (χ3v) is 6.09. The van der Waals surface area contributed by atoms with Gasteiger partial charge in [-0.25, -0.2) is 13.4 Å². The van der Waals surface area contributed by atoms with Crippen LogP contribution < -0.4 is 4.72 Å². The quantitative estimate of drug-likeness (QED) is 0.397. The first-order valence-corrected chi connectivity index (χ1v) is 11.8. The van der Waals surface area contributed by atoms with E-state index in [0.717, 1.165) is 45.1 Å². The summed E-state index contributed by atoms with van der Waals surface area (Å²) in [5.74, 6) is -0.876. The van der Waals surface area contributed by atoms with Crippen molar-refractivity contribution in [3.8, 4) is 22.3 Å². The molecule has 8 heteroatoms. The van der Waals surface area contributed by atoms with Crippen molar-refractivity contribution in [2.45, 2.75) is 19.3 Å². The van der Waals surface area contributed by atoms with Crippen LogP contribution in [0.3, 0.4) is 0 Å². The van der Waals surface area contributed by atoms with Crippen LogP contribution in [0.4, 0.5) is 5.69 Å². The van der Waals surface area contributed by atoms with E-state index < -0.39 is 21.4 Å². The molecule has 7 nitrogen and oxygen atoms in total. The summed E-state index contributed by atoms with van der Waals surface area (Å²) in [4.78, 5) is 19.2. The summed E-state index contributed by atoms with van der Waals surface area (Å²) in [7, 11) is -3.37. The van der Waals surface area contributed by atoms with Gasteiger partial charge in [-0.05, 0) is 48.7 Å². The van der Waals surface area contributed by atoms with Gasteiger partial charge in [0.1, 0.15) is 5.65 Å². The fourth-order valence-corrected chi connectivity index (χ4v) is 4.12. The lowest BCUT2D eigenvalue weighted by atomic mass is 9.84. The molecule has 0 saturated carbocycles. The maximum absolute atomic E-state index is 11.6. The van der Waals surface area contributed by atoms with Crippen LogP contribution in [0.5, 0.6) is 0 Å². The molecule has 2 aromatic carbocycles. The van der Waals surface area contributed by atoms with E-state index >= 15 is 0 Å². The van der Waals surface area contributed by atoms with Crippen LogP contribution in [0.25, 0.3) is 33.3 Å². The topological polar surface area (TPSA) is 112 Å². The summed E-state index contributed by atoms with van der Waals surface area (Å²) in [6.07, 6.45) is 4.73. The van der Waals surface area contributed by atoms with Crippen molar-refractivity contribution in [1.82, 2.24) is 9.97 Å². The number of nitrogens with one attached hydrogen (secondary N) is 2. The monoisotopic (exact) mass is 449 g/mol. The fraction of sp³-hybridized carbons (Fsp3) is 0.167. The minimum atomic E-state index is -3.37. The van der Waals surface area contributed by atoms with Gasteiger partial charge < -0.3 is 10.1 Å². The van der Waals surface area contributed by atoms with Gasteiger partial charge in [0.05, 0.1) is 11.7 Å². The Balaban J connectivity index is 1.73. The Kier molecular flexibility index (Phi) is 5.26. The van der Waals surface area contributed by atoms with Gasteiger partial charge >= 0.3 is 5.97 Å². The van der Waals surface area contributed by atoms with E-state index in [-0.39, 0.29) is 0 Å². The highest BCUT2D eigenvalue weighted by Crippen LogP contribution is 2.33. The number of carboxylic acids is 1. The predicted octanol–water partition coefficient (Wildman–Crippen LogP) is 4.63. The number of carbonyl (C=O) groups is 1. The lowest BCUT2D eigenvalue weighted by Crippen LogP contribution is -2.28. The first-order valence-electron chi connectivity index (χ1n) is 9.94. The van der Waals surface area contributed by atoms with Gasteiger partial charge in [-0.15, -0.1) is 0 Å². The van der Waals surface area contributed by atoms with Gasteiger partial charge in [-0.3, -0.25) is 9.52 Å². The van der Waals surface area contributed by atoms with Crippen LogP contribution in [-0.4, -0.2) is 35.7 Å². The molecule has 3 N–H and O–H groups in total. The summed E-state index contributed by atoms with van der Waals surface area (Å²) < 4.78 is 25.6. The smallest absolute Gasteiger partial charge is 0.313 e. The summed E-state index contributed by atoms with van der Waals surface area (Å²) >= 11 is 0. The van der Waals surface area contributed by atoms with Crippen LogP contribution in [0.1, 0.15) is 19.4 Å². The number of aliphatic carboxylic acids is 1. The van der Waals surface area contributed by atoms with Crippen molar-refractivity contribution in [2.75, 3.05) is 11.0 Å². The number of anilines is 1. The lowest BCUT2D eigenvalue weighted by Gasteiger charge is -2.19. The minimum absolute atomic E-state index is 0.482. The highest BCUT2D eigenvalue weighted by molar-refractivity contribution is 7.92. The number of sulfonamides is 1. The number of hydrogen-bond acceptors (Lipinski definition) is 4. The van der Waals surface area contributed by atoms with Gasteiger partial charge in [0.15, 0.2) is 0 Å². The molecule has 4 aromatic rings. The van der Waals surface area contributed by atoms with E-state index in [1.165, 1.54) is 0 Å². The average molecular weight is 450 g/mol. The Hall–Kier alpha value is -3.65. The Morgan fingerprint density at radius 3 is 2.41 bits per heavy atom. The summed E-state index contributed by atoms with van der Waals surface area (Å²) in [5.41, 5.74) is 4.52. The fourth-order valence-electron chi connectivity index (χ4n) is 3.57. The number of fused-ring (bicyclic) bond motifs is 1. The van der Waals surface area contributed by atoms with E-state index in [4.69, 9.17) is 0 Å². The number of pyridine rings is 1. The van der Waals surface area contributed by atoms with E-state index in [2.05, 4.69) is 14.7 Å². The Morgan fingerprint density at radius 1 is 1.03 bits per heavy atom. The first-order chi connectivity index (χ1) is 15.0. The van der Waals surface area contributed by atoms with Crippen molar-refractivity contribution in [3.05, 3.63) is 72.6 Å². The van der Waals surface area contributed by atoms with Crippen molar-refractivity contribution in [3.63, 3.8) is 0 Å². The zero-order chi connectivity index (χ0) is 23.1. The molecule has 0 aliphatic heterocycles. The van der Waals surface area contributed by atoms with Crippen LogP contribution in [0.2, 0.25) is 0 Å². The number of benzene rings is 2. The maximum atomic E-state index is 11.6. The minimum Gasteiger partial charge on any atom is -0.481 e. The van der Waals surface area contributed by atoms with Crippen LogP contribution >= 0.6 is 0 Å². The number of rotatable bonds is 6. The molecule has 0 radical (unpaired) electrons. The van der Waals surface area contributed by atoms with Crippen molar-refractivity contribution >= 4 is 32.7 Å². The Morgan fingerprint density at radius 2 is 1.75 bits per heavy atom. The number of H-pyrrole nitrogens is 1. The molecule has 2 aromatic heterocycles. The summed E-state index contributed by atoms with van der Waals surface area (Å²) in [5, 5.41) is 10.4. The third-order valence-electron chi connectivity index (χ3n) is 5.48. The molecule has 0 saturated heterocycles. The number of carboxylic acid groups (broad SMARTS) is 1. The van der Waals surface area contributed by atoms with Crippen LogP contribution in [0, 0.1) is 0 Å². The molecule has 4 rings (SSSR count). The molecule has 0 amide bonds. The zero-order valence-corrected chi connectivity index (χ0v) is 18.7. The number of nitrogens with zero attached hydrogens (tertiary/aromatic N) is 1. The van der Waals surface area contributed by atoms with Gasteiger partial charge in [-0.2, -0.15) is 0 Å².